The van der Waals surface area contributed by atoms with Crippen LogP contribution in [0.2, 0.25) is 0 Å². The number of anilines is 1. The average Bonchev–Trinajstić information content (AvgIpc) is 2.88. The summed E-state index contributed by atoms with van der Waals surface area (Å²) in [5, 5.41) is 0. The van der Waals surface area contributed by atoms with Crippen LogP contribution >= 0.6 is 0 Å². The smallest absolute Gasteiger partial charge is 0.369 e. The van der Waals surface area contributed by atoms with Gasteiger partial charge < -0.3 is 14.2 Å². The van der Waals surface area contributed by atoms with E-state index in [1.165, 1.54) is 6.33 Å². The summed E-state index contributed by atoms with van der Waals surface area (Å²) >= 11 is 0. The largest absolute Gasteiger partial charge is 0.417 e. The standard InChI is InChI=1S/C13H16F3N5O/c1-20-8-19-9-10(20)17-7-18-11(9)21-5-3-12(22-2,4-6-21)13(14,15)16/h7-8H,3-6H2,1-2H3. The van der Waals surface area contributed by atoms with Crippen LogP contribution in [-0.2, 0) is 11.8 Å². The van der Waals surface area contributed by atoms with E-state index in [2.05, 4.69) is 15.0 Å². The van der Waals surface area contributed by atoms with E-state index in [9.17, 15) is 13.2 Å². The van der Waals surface area contributed by atoms with E-state index in [0.717, 1.165) is 7.11 Å². The van der Waals surface area contributed by atoms with Crippen LogP contribution in [0.25, 0.3) is 11.2 Å². The van der Waals surface area contributed by atoms with Crippen molar-refractivity contribution >= 4 is 17.0 Å². The molecule has 0 N–H and O–H groups in total. The van der Waals surface area contributed by atoms with Gasteiger partial charge in [0, 0.05) is 40.1 Å². The molecular formula is C13H16F3N5O. The number of rotatable bonds is 2. The molecule has 3 rings (SSSR count). The number of hydrogen-bond acceptors (Lipinski definition) is 5. The van der Waals surface area contributed by atoms with Gasteiger partial charge in [0.05, 0.1) is 6.33 Å². The summed E-state index contributed by atoms with van der Waals surface area (Å²) in [5.74, 6) is 0.567. The molecule has 6 nitrogen and oxygen atoms in total. The van der Waals surface area contributed by atoms with Crippen LogP contribution < -0.4 is 4.90 Å². The number of halogens is 3. The first-order chi connectivity index (χ1) is 10.4. The molecule has 2 aromatic rings. The Morgan fingerprint density at radius 2 is 1.86 bits per heavy atom. The van der Waals surface area contributed by atoms with Gasteiger partial charge in [0.1, 0.15) is 6.33 Å². The number of aryl methyl sites for hydroxylation is 1. The highest BCUT2D eigenvalue weighted by molar-refractivity contribution is 5.83. The third-order valence-electron chi connectivity index (χ3n) is 4.26. The summed E-state index contributed by atoms with van der Waals surface area (Å²) in [5.41, 5.74) is -0.814. The normalized spacial score (nSPS) is 18.9. The van der Waals surface area contributed by atoms with E-state index in [1.54, 1.807) is 15.8 Å². The maximum Gasteiger partial charge on any atom is 0.417 e. The molecule has 0 spiro atoms. The molecule has 1 fully saturated rings. The summed E-state index contributed by atoms with van der Waals surface area (Å²) in [6, 6.07) is 0. The van der Waals surface area contributed by atoms with E-state index in [1.807, 2.05) is 7.05 Å². The molecule has 1 aliphatic heterocycles. The van der Waals surface area contributed by atoms with Gasteiger partial charge >= 0.3 is 6.18 Å². The van der Waals surface area contributed by atoms with Crippen molar-refractivity contribution in [2.45, 2.75) is 24.6 Å². The maximum atomic E-state index is 13.2. The zero-order valence-corrected chi connectivity index (χ0v) is 12.3. The zero-order chi connectivity index (χ0) is 16.0. The topological polar surface area (TPSA) is 56.1 Å². The van der Waals surface area contributed by atoms with E-state index in [4.69, 9.17) is 4.74 Å². The van der Waals surface area contributed by atoms with Crippen LogP contribution in [0.15, 0.2) is 12.7 Å². The fraction of sp³-hybridized carbons (Fsp3) is 0.615. The first-order valence-electron chi connectivity index (χ1n) is 6.87. The van der Waals surface area contributed by atoms with E-state index in [-0.39, 0.29) is 25.9 Å². The molecule has 0 bridgehead atoms. The lowest BCUT2D eigenvalue weighted by atomic mass is 9.90. The predicted molar refractivity (Wildman–Crippen MR) is 73.5 cm³/mol. The Morgan fingerprint density at radius 1 is 1.18 bits per heavy atom. The molecule has 1 aliphatic rings. The Balaban J connectivity index is 1.87. The molecule has 0 aliphatic carbocycles. The van der Waals surface area contributed by atoms with Gasteiger partial charge in [0.2, 0.25) is 0 Å². The Morgan fingerprint density at radius 3 is 2.45 bits per heavy atom. The van der Waals surface area contributed by atoms with Crippen LogP contribution in [0.5, 0.6) is 0 Å². The number of nitrogens with zero attached hydrogens (tertiary/aromatic N) is 5. The van der Waals surface area contributed by atoms with Crippen LogP contribution in [-0.4, -0.2) is 51.5 Å². The molecule has 0 unspecified atom stereocenters. The van der Waals surface area contributed by atoms with Gasteiger partial charge in [-0.2, -0.15) is 13.2 Å². The average molecular weight is 315 g/mol. The highest BCUT2D eigenvalue weighted by Crippen LogP contribution is 2.42. The minimum atomic E-state index is -4.38. The first kappa shape index (κ1) is 15.0. The number of hydrogen-bond donors (Lipinski definition) is 0. The van der Waals surface area contributed by atoms with Crippen molar-refractivity contribution in [3.8, 4) is 0 Å². The second-order valence-corrected chi connectivity index (χ2v) is 5.41. The molecule has 0 atom stereocenters. The highest BCUT2D eigenvalue weighted by Gasteiger charge is 2.56. The molecule has 0 saturated carbocycles. The second-order valence-electron chi connectivity index (χ2n) is 5.41. The zero-order valence-electron chi connectivity index (χ0n) is 12.3. The van der Waals surface area contributed by atoms with Crippen molar-refractivity contribution in [2.75, 3.05) is 25.1 Å². The lowest BCUT2D eigenvalue weighted by molar-refractivity contribution is -0.276. The van der Waals surface area contributed by atoms with Gasteiger partial charge in [-0.15, -0.1) is 0 Å². The molecule has 120 valence electrons. The van der Waals surface area contributed by atoms with Crippen LogP contribution in [0.3, 0.4) is 0 Å². The molecule has 0 radical (unpaired) electrons. The number of ether oxygens (including phenoxy) is 1. The fourth-order valence-corrected chi connectivity index (χ4v) is 2.85. The predicted octanol–water partition coefficient (Wildman–Crippen LogP) is 1.91. The lowest BCUT2D eigenvalue weighted by Crippen LogP contribution is -2.54. The summed E-state index contributed by atoms with van der Waals surface area (Å²) in [4.78, 5) is 14.4. The van der Waals surface area contributed by atoms with Crippen molar-refractivity contribution in [1.29, 1.82) is 0 Å². The molecule has 0 amide bonds. The number of imidazole rings is 1. The first-order valence-corrected chi connectivity index (χ1v) is 6.87. The van der Waals surface area contributed by atoms with Gasteiger partial charge in [0.15, 0.2) is 22.6 Å². The third kappa shape index (κ3) is 2.20. The number of aromatic nitrogens is 4. The molecule has 22 heavy (non-hydrogen) atoms. The molecule has 1 saturated heterocycles. The van der Waals surface area contributed by atoms with Crippen molar-refractivity contribution < 1.29 is 17.9 Å². The molecule has 9 heteroatoms. The molecule has 2 aromatic heterocycles. The summed E-state index contributed by atoms with van der Waals surface area (Å²) in [6.07, 6.45) is -1.63. The maximum absolute atomic E-state index is 13.2. The van der Waals surface area contributed by atoms with Crippen molar-refractivity contribution in [1.82, 2.24) is 19.5 Å². The van der Waals surface area contributed by atoms with Crippen molar-refractivity contribution in [3.05, 3.63) is 12.7 Å². The number of fused-ring (bicyclic) bond motifs is 1. The van der Waals surface area contributed by atoms with E-state index in [0.29, 0.717) is 17.0 Å². The van der Waals surface area contributed by atoms with Crippen molar-refractivity contribution in [2.24, 2.45) is 7.05 Å². The number of methoxy groups -OCH3 is 1. The minimum Gasteiger partial charge on any atom is -0.369 e. The van der Waals surface area contributed by atoms with Gasteiger partial charge in [-0.1, -0.05) is 0 Å². The van der Waals surface area contributed by atoms with Gasteiger partial charge in [0.25, 0.3) is 0 Å². The van der Waals surface area contributed by atoms with Gasteiger partial charge in [-0.05, 0) is 0 Å². The van der Waals surface area contributed by atoms with E-state index < -0.39 is 11.8 Å². The Hall–Kier alpha value is -1.90. The summed E-state index contributed by atoms with van der Waals surface area (Å²) in [6.45, 7) is 0.409. The number of piperidine rings is 1. The summed E-state index contributed by atoms with van der Waals surface area (Å²) < 4.78 is 46.2. The minimum absolute atomic E-state index is 0.134. The van der Waals surface area contributed by atoms with Crippen LogP contribution in [0.1, 0.15) is 12.8 Å². The summed E-state index contributed by atoms with van der Waals surface area (Å²) in [7, 11) is 2.92. The van der Waals surface area contributed by atoms with Crippen LogP contribution in [0.4, 0.5) is 19.0 Å². The lowest BCUT2D eigenvalue weighted by Gasteiger charge is -2.42. The van der Waals surface area contributed by atoms with E-state index >= 15 is 0 Å². The van der Waals surface area contributed by atoms with Crippen LogP contribution in [0, 0.1) is 0 Å². The monoisotopic (exact) mass is 315 g/mol. The van der Waals surface area contributed by atoms with Crippen molar-refractivity contribution in [3.63, 3.8) is 0 Å². The fourth-order valence-electron chi connectivity index (χ4n) is 2.85. The van der Waals surface area contributed by atoms with Gasteiger partial charge in [-0.25, -0.2) is 15.0 Å². The molecule has 3 heterocycles. The van der Waals surface area contributed by atoms with Gasteiger partial charge in [-0.3, -0.25) is 0 Å². The molecule has 0 aromatic carbocycles. The Bertz CT molecular complexity index is 676. The quantitative estimate of drug-likeness (QED) is 0.847. The SMILES string of the molecule is COC1(C(F)(F)F)CCN(c2ncnc3c2ncn3C)CC1. The highest BCUT2D eigenvalue weighted by atomic mass is 19.4. The second kappa shape index (κ2) is 5.08. The Labute approximate surface area is 124 Å². The molecular weight excluding hydrogens is 299 g/mol. The third-order valence-corrected chi connectivity index (χ3v) is 4.26. The Kier molecular flexibility index (Phi) is 3.47. The number of alkyl halides is 3.